The summed E-state index contributed by atoms with van der Waals surface area (Å²) in [5.41, 5.74) is -1.10. The number of aromatic amines is 1. The molecule has 1 aromatic carbocycles. The quantitative estimate of drug-likeness (QED) is 0.894. The van der Waals surface area contributed by atoms with Gasteiger partial charge in [0, 0.05) is 24.2 Å². The molecular formula is C13H10F3N3O2. The number of hydrogen-bond acceptors (Lipinski definition) is 3. The predicted molar refractivity (Wildman–Crippen MR) is 69.6 cm³/mol. The van der Waals surface area contributed by atoms with Crippen LogP contribution in [0, 0.1) is 0 Å². The molecule has 2 N–H and O–H groups in total. The largest absolute Gasteiger partial charge is 0.416 e. The lowest BCUT2D eigenvalue weighted by molar-refractivity contribution is -0.137. The van der Waals surface area contributed by atoms with Gasteiger partial charge in [0.05, 0.1) is 11.3 Å². The molecule has 0 bridgehead atoms. The van der Waals surface area contributed by atoms with Gasteiger partial charge in [0.15, 0.2) is 0 Å². The van der Waals surface area contributed by atoms with Crippen LogP contribution in [0.25, 0.3) is 11.3 Å². The first kappa shape index (κ1) is 14.8. The third kappa shape index (κ3) is 3.68. The smallest absolute Gasteiger partial charge is 0.326 e. The standard InChI is InChI=1S/C13H10F3N3O2/c1-7(20)17-10-5-8(4-9(6-10)13(14,15)16)11-2-3-12(21)19-18-11/h2-6H,1H3,(H,17,20)(H,19,21). The number of aromatic nitrogens is 2. The van der Waals surface area contributed by atoms with Gasteiger partial charge in [-0.1, -0.05) is 0 Å². The van der Waals surface area contributed by atoms with Gasteiger partial charge in [-0.15, -0.1) is 0 Å². The number of alkyl halides is 3. The SMILES string of the molecule is CC(=O)Nc1cc(-c2ccc(=O)[nH]n2)cc(C(F)(F)F)c1. The van der Waals surface area contributed by atoms with Crippen molar-refractivity contribution in [1.82, 2.24) is 10.2 Å². The minimum absolute atomic E-state index is 0.000301. The van der Waals surface area contributed by atoms with Gasteiger partial charge in [0.2, 0.25) is 5.91 Å². The highest BCUT2D eigenvalue weighted by Crippen LogP contribution is 2.34. The third-order valence-corrected chi connectivity index (χ3v) is 2.56. The van der Waals surface area contributed by atoms with Gasteiger partial charge in [0.1, 0.15) is 0 Å². The van der Waals surface area contributed by atoms with Gasteiger partial charge < -0.3 is 5.32 Å². The molecule has 0 atom stereocenters. The van der Waals surface area contributed by atoms with Crippen molar-refractivity contribution in [2.45, 2.75) is 13.1 Å². The maximum atomic E-state index is 12.9. The normalized spacial score (nSPS) is 11.2. The second kappa shape index (κ2) is 5.39. The van der Waals surface area contributed by atoms with E-state index in [1.165, 1.54) is 19.1 Å². The summed E-state index contributed by atoms with van der Waals surface area (Å²) in [5, 5.41) is 8.12. The van der Waals surface area contributed by atoms with E-state index >= 15 is 0 Å². The first-order valence-electron chi connectivity index (χ1n) is 5.82. The van der Waals surface area contributed by atoms with Crippen LogP contribution < -0.4 is 10.9 Å². The van der Waals surface area contributed by atoms with E-state index in [1.54, 1.807) is 0 Å². The molecule has 0 radical (unpaired) electrons. The second-order valence-electron chi connectivity index (χ2n) is 4.28. The Labute approximate surface area is 116 Å². The van der Waals surface area contributed by atoms with Crippen molar-refractivity contribution in [2.75, 3.05) is 5.32 Å². The number of amides is 1. The topological polar surface area (TPSA) is 74.8 Å². The highest BCUT2D eigenvalue weighted by atomic mass is 19.4. The number of anilines is 1. The molecule has 0 saturated carbocycles. The fraction of sp³-hybridized carbons (Fsp3) is 0.154. The Kier molecular flexibility index (Phi) is 3.79. The Bertz CT molecular complexity index is 718. The molecule has 1 heterocycles. The Balaban J connectivity index is 2.56. The summed E-state index contributed by atoms with van der Waals surface area (Å²) in [6.45, 7) is 1.19. The van der Waals surface area contributed by atoms with Crippen LogP contribution in [0.5, 0.6) is 0 Å². The summed E-state index contributed by atoms with van der Waals surface area (Å²) in [6.07, 6.45) is -4.56. The van der Waals surface area contributed by atoms with Gasteiger partial charge in [-0.2, -0.15) is 18.3 Å². The van der Waals surface area contributed by atoms with Gasteiger partial charge in [0.25, 0.3) is 5.56 Å². The molecule has 5 nitrogen and oxygen atoms in total. The molecule has 0 aliphatic carbocycles. The first-order chi connectivity index (χ1) is 9.75. The molecular weight excluding hydrogens is 287 g/mol. The zero-order valence-electron chi connectivity index (χ0n) is 10.8. The lowest BCUT2D eigenvalue weighted by atomic mass is 10.1. The molecule has 0 unspecified atom stereocenters. The van der Waals surface area contributed by atoms with Crippen molar-refractivity contribution in [1.29, 1.82) is 0 Å². The number of halogens is 3. The van der Waals surface area contributed by atoms with Crippen molar-refractivity contribution >= 4 is 11.6 Å². The van der Waals surface area contributed by atoms with E-state index in [-0.39, 0.29) is 16.9 Å². The molecule has 0 fully saturated rings. The highest BCUT2D eigenvalue weighted by Gasteiger charge is 2.31. The van der Waals surface area contributed by atoms with E-state index in [0.717, 1.165) is 18.2 Å². The van der Waals surface area contributed by atoms with Crippen molar-refractivity contribution in [3.8, 4) is 11.3 Å². The summed E-state index contributed by atoms with van der Waals surface area (Å²) in [7, 11) is 0. The fourth-order valence-corrected chi connectivity index (χ4v) is 1.72. The van der Waals surface area contributed by atoms with Crippen molar-refractivity contribution in [3.63, 3.8) is 0 Å². The van der Waals surface area contributed by atoms with Gasteiger partial charge in [-0.05, 0) is 24.3 Å². The Morgan fingerprint density at radius 1 is 1.24 bits per heavy atom. The summed E-state index contributed by atoms with van der Waals surface area (Å²) in [4.78, 5) is 21.9. The van der Waals surface area contributed by atoms with Gasteiger partial charge in [-0.3, -0.25) is 9.59 Å². The average Bonchev–Trinajstić information content (AvgIpc) is 2.37. The van der Waals surface area contributed by atoms with E-state index in [0.29, 0.717) is 0 Å². The summed E-state index contributed by atoms with van der Waals surface area (Å²) in [5.74, 6) is -0.491. The maximum Gasteiger partial charge on any atom is 0.416 e. The first-order valence-corrected chi connectivity index (χ1v) is 5.82. The lowest BCUT2D eigenvalue weighted by Gasteiger charge is -2.12. The molecule has 21 heavy (non-hydrogen) atoms. The van der Waals surface area contributed by atoms with E-state index < -0.39 is 23.2 Å². The van der Waals surface area contributed by atoms with Crippen LogP contribution in [-0.4, -0.2) is 16.1 Å². The zero-order valence-corrected chi connectivity index (χ0v) is 10.8. The Morgan fingerprint density at radius 2 is 1.95 bits per heavy atom. The minimum Gasteiger partial charge on any atom is -0.326 e. The number of nitrogens with zero attached hydrogens (tertiary/aromatic N) is 1. The number of nitrogens with one attached hydrogen (secondary N) is 2. The summed E-state index contributed by atoms with van der Waals surface area (Å²) in [6, 6.07) is 5.52. The van der Waals surface area contributed by atoms with Crippen LogP contribution in [0.4, 0.5) is 18.9 Å². The monoisotopic (exact) mass is 297 g/mol. The summed E-state index contributed by atoms with van der Waals surface area (Å²) < 4.78 is 38.6. The van der Waals surface area contributed by atoms with Crippen LogP contribution in [0.2, 0.25) is 0 Å². The van der Waals surface area contributed by atoms with Crippen molar-refractivity contribution in [3.05, 3.63) is 46.2 Å². The average molecular weight is 297 g/mol. The molecule has 110 valence electrons. The van der Waals surface area contributed by atoms with E-state index in [1.807, 2.05) is 0 Å². The van der Waals surface area contributed by atoms with E-state index in [2.05, 4.69) is 15.5 Å². The molecule has 2 aromatic rings. The van der Waals surface area contributed by atoms with Crippen LogP contribution in [-0.2, 0) is 11.0 Å². The van der Waals surface area contributed by atoms with Crippen LogP contribution in [0.1, 0.15) is 12.5 Å². The molecule has 2 rings (SSSR count). The molecule has 0 spiro atoms. The Hall–Kier alpha value is -2.64. The molecule has 8 heteroatoms. The minimum atomic E-state index is -4.56. The number of carbonyl (C=O) groups excluding carboxylic acids is 1. The molecule has 1 amide bonds. The van der Waals surface area contributed by atoms with Gasteiger partial charge >= 0.3 is 6.18 Å². The van der Waals surface area contributed by atoms with Crippen LogP contribution >= 0.6 is 0 Å². The van der Waals surface area contributed by atoms with Crippen LogP contribution in [0.15, 0.2) is 35.1 Å². The summed E-state index contributed by atoms with van der Waals surface area (Å²) >= 11 is 0. The van der Waals surface area contributed by atoms with E-state index in [9.17, 15) is 22.8 Å². The van der Waals surface area contributed by atoms with Crippen molar-refractivity contribution < 1.29 is 18.0 Å². The van der Waals surface area contributed by atoms with E-state index in [4.69, 9.17) is 0 Å². The second-order valence-corrected chi connectivity index (χ2v) is 4.28. The number of carbonyl (C=O) groups is 1. The zero-order chi connectivity index (χ0) is 15.6. The highest BCUT2D eigenvalue weighted by molar-refractivity contribution is 5.89. The van der Waals surface area contributed by atoms with Crippen molar-refractivity contribution in [2.24, 2.45) is 0 Å². The predicted octanol–water partition coefficient (Wildman–Crippen LogP) is 2.41. The van der Waals surface area contributed by atoms with Gasteiger partial charge in [-0.25, -0.2) is 5.10 Å². The third-order valence-electron chi connectivity index (χ3n) is 2.56. The number of H-pyrrole nitrogens is 1. The number of benzene rings is 1. The maximum absolute atomic E-state index is 12.9. The molecule has 0 aliphatic rings. The molecule has 0 saturated heterocycles. The molecule has 1 aromatic heterocycles. The number of hydrogen-bond donors (Lipinski definition) is 2. The lowest BCUT2D eigenvalue weighted by Crippen LogP contribution is -2.10. The fourth-order valence-electron chi connectivity index (χ4n) is 1.72. The molecule has 0 aliphatic heterocycles. The Morgan fingerprint density at radius 3 is 2.48 bits per heavy atom. The van der Waals surface area contributed by atoms with Crippen LogP contribution in [0.3, 0.4) is 0 Å². The number of rotatable bonds is 2.